The van der Waals surface area contributed by atoms with Crippen molar-refractivity contribution >= 4 is 52.1 Å². The van der Waals surface area contributed by atoms with E-state index in [2.05, 4.69) is 10.3 Å². The second kappa shape index (κ2) is 11.5. The number of aromatic nitrogens is 1. The minimum absolute atomic E-state index is 0.113. The summed E-state index contributed by atoms with van der Waals surface area (Å²) in [6.45, 7) is 0.438. The lowest BCUT2D eigenvalue weighted by Gasteiger charge is -2.27. The highest BCUT2D eigenvalue weighted by molar-refractivity contribution is 7.10. The molecule has 2 aromatic heterocycles. The third kappa shape index (κ3) is 5.93. The second-order valence-electron chi connectivity index (χ2n) is 8.36. The van der Waals surface area contributed by atoms with Gasteiger partial charge in [-0.15, -0.1) is 22.7 Å². The summed E-state index contributed by atoms with van der Waals surface area (Å²) >= 11 is 8.77. The molecule has 1 aliphatic rings. The number of carboxylic acids is 1. The lowest BCUT2D eigenvalue weighted by molar-refractivity contribution is -0.153. The standard InChI is InChI=1S/C24H24ClN3O6S2/c25-16-5-2-1-4-14(16)8-13-9-15(35-11-13)10-26-21(31)19(29)20(30)23(32)28-7-3-6-18(28)22-27-17(12-36-22)24(33)34/h1-2,4-5,9,11-12,18-20,29-30H,3,6-8,10H2,(H,26,31)(H,33,34)/t18-,19-,20-/m1/s1. The number of aliphatic hydroxyl groups excluding tert-OH is 2. The molecule has 1 aliphatic heterocycles. The SMILES string of the molecule is O=C(O)c1csc([C@H]2CCCN2C(=O)[C@H](O)[C@@H](O)C(=O)NCc2cc(Cc3ccccc3Cl)cs2)n1. The summed E-state index contributed by atoms with van der Waals surface area (Å²) < 4.78 is 0. The van der Waals surface area contributed by atoms with E-state index in [1.807, 2.05) is 35.7 Å². The third-order valence-corrected chi connectivity index (χ3v) is 8.18. The first-order valence-corrected chi connectivity index (χ1v) is 13.3. The Balaban J connectivity index is 1.32. The van der Waals surface area contributed by atoms with Gasteiger partial charge >= 0.3 is 5.97 Å². The predicted octanol–water partition coefficient (Wildman–Crippen LogP) is 2.85. The van der Waals surface area contributed by atoms with Gasteiger partial charge in [0.1, 0.15) is 5.01 Å². The number of thiazole rings is 1. The molecule has 190 valence electrons. The highest BCUT2D eigenvalue weighted by atomic mass is 35.5. The van der Waals surface area contributed by atoms with Crippen LogP contribution in [0.5, 0.6) is 0 Å². The molecule has 0 radical (unpaired) electrons. The Bertz CT molecular complexity index is 1260. The van der Waals surface area contributed by atoms with Gasteiger partial charge in [0.05, 0.1) is 12.6 Å². The summed E-state index contributed by atoms with van der Waals surface area (Å²) in [6, 6.07) is 8.97. The molecule has 9 nitrogen and oxygen atoms in total. The normalized spacial score (nSPS) is 17.1. The number of aliphatic hydroxyl groups is 2. The summed E-state index contributed by atoms with van der Waals surface area (Å²) in [5.74, 6) is -2.83. The Labute approximate surface area is 220 Å². The molecule has 0 saturated carbocycles. The number of aromatic carboxylic acids is 1. The van der Waals surface area contributed by atoms with Crippen molar-refractivity contribution in [2.45, 2.75) is 44.1 Å². The van der Waals surface area contributed by atoms with Gasteiger partial charge < -0.3 is 25.5 Å². The maximum absolute atomic E-state index is 12.9. The first-order chi connectivity index (χ1) is 17.2. The van der Waals surface area contributed by atoms with E-state index in [1.165, 1.54) is 21.6 Å². The summed E-state index contributed by atoms with van der Waals surface area (Å²) in [6.07, 6.45) is -2.09. The molecule has 12 heteroatoms. The molecule has 1 aromatic carbocycles. The van der Waals surface area contributed by atoms with Crippen LogP contribution in [0.25, 0.3) is 0 Å². The fourth-order valence-corrected chi connectivity index (χ4v) is 6.00. The van der Waals surface area contributed by atoms with E-state index >= 15 is 0 Å². The van der Waals surface area contributed by atoms with Gasteiger partial charge in [-0.2, -0.15) is 0 Å². The van der Waals surface area contributed by atoms with Gasteiger partial charge in [-0.25, -0.2) is 9.78 Å². The summed E-state index contributed by atoms with van der Waals surface area (Å²) in [7, 11) is 0. The number of nitrogens with one attached hydrogen (secondary N) is 1. The van der Waals surface area contributed by atoms with Gasteiger partial charge in [0, 0.05) is 21.8 Å². The highest BCUT2D eigenvalue weighted by Crippen LogP contribution is 2.34. The molecular formula is C24H24ClN3O6S2. The molecule has 2 amide bonds. The van der Waals surface area contributed by atoms with E-state index in [0.29, 0.717) is 35.8 Å². The fourth-order valence-electron chi connectivity index (χ4n) is 4.03. The van der Waals surface area contributed by atoms with E-state index in [9.17, 15) is 24.6 Å². The molecule has 4 rings (SSSR count). The van der Waals surface area contributed by atoms with Crippen LogP contribution in [-0.2, 0) is 22.6 Å². The molecular weight excluding hydrogens is 526 g/mol. The molecule has 4 N–H and O–H groups in total. The quantitative estimate of drug-likeness (QED) is 0.322. The molecule has 1 fully saturated rings. The van der Waals surface area contributed by atoms with Crippen molar-refractivity contribution < 1.29 is 29.7 Å². The molecule has 0 unspecified atom stereocenters. The number of hydrogen-bond acceptors (Lipinski definition) is 8. The number of amides is 2. The number of halogens is 1. The van der Waals surface area contributed by atoms with Gasteiger partial charge in [0.2, 0.25) is 0 Å². The number of likely N-dealkylation sites (tertiary alicyclic amines) is 1. The molecule has 1 saturated heterocycles. The average Bonchev–Trinajstić information content (AvgIpc) is 3.63. The molecule has 3 aromatic rings. The Kier molecular flexibility index (Phi) is 8.37. The van der Waals surface area contributed by atoms with Gasteiger partial charge in [-0.05, 0) is 47.9 Å². The van der Waals surface area contributed by atoms with Crippen molar-refractivity contribution in [1.82, 2.24) is 15.2 Å². The van der Waals surface area contributed by atoms with Crippen LogP contribution in [0.15, 0.2) is 41.1 Å². The van der Waals surface area contributed by atoms with Crippen LogP contribution in [0.1, 0.15) is 50.4 Å². The number of carbonyl (C=O) groups is 3. The Morgan fingerprint density at radius 1 is 1.17 bits per heavy atom. The fraction of sp³-hybridized carbons (Fsp3) is 0.333. The number of carboxylic acid groups (broad SMARTS) is 1. The minimum atomic E-state index is -1.95. The molecule has 0 spiro atoms. The number of benzene rings is 1. The van der Waals surface area contributed by atoms with Crippen LogP contribution in [-0.4, -0.2) is 61.7 Å². The largest absolute Gasteiger partial charge is 0.476 e. The minimum Gasteiger partial charge on any atom is -0.476 e. The second-order valence-corrected chi connectivity index (χ2v) is 10.7. The molecule has 3 heterocycles. The van der Waals surface area contributed by atoms with Crippen LogP contribution in [0.3, 0.4) is 0 Å². The zero-order chi connectivity index (χ0) is 25.8. The maximum atomic E-state index is 12.9. The van der Waals surface area contributed by atoms with E-state index in [1.54, 1.807) is 0 Å². The smallest absolute Gasteiger partial charge is 0.355 e. The van der Waals surface area contributed by atoms with E-state index < -0.39 is 36.0 Å². The summed E-state index contributed by atoms with van der Waals surface area (Å²) in [5, 5.41) is 36.9. The van der Waals surface area contributed by atoms with Gasteiger partial charge in [0.25, 0.3) is 11.8 Å². The van der Waals surface area contributed by atoms with E-state index in [0.717, 1.165) is 27.3 Å². The Morgan fingerprint density at radius 3 is 2.67 bits per heavy atom. The lowest BCUT2D eigenvalue weighted by atomic mass is 10.1. The van der Waals surface area contributed by atoms with E-state index in [-0.39, 0.29) is 12.2 Å². The van der Waals surface area contributed by atoms with Crippen LogP contribution < -0.4 is 5.32 Å². The van der Waals surface area contributed by atoms with Crippen molar-refractivity contribution in [1.29, 1.82) is 0 Å². The number of carbonyl (C=O) groups excluding carboxylic acids is 2. The number of rotatable bonds is 9. The molecule has 3 atom stereocenters. The number of thiophene rings is 1. The van der Waals surface area contributed by atoms with E-state index in [4.69, 9.17) is 16.7 Å². The molecule has 0 bridgehead atoms. The van der Waals surface area contributed by atoms with Crippen molar-refractivity contribution in [3.63, 3.8) is 0 Å². The number of nitrogens with zero attached hydrogens (tertiary/aromatic N) is 2. The van der Waals surface area contributed by atoms with Crippen LogP contribution in [0.4, 0.5) is 0 Å². The van der Waals surface area contributed by atoms with Crippen molar-refractivity contribution in [2.75, 3.05) is 6.54 Å². The number of hydrogen-bond donors (Lipinski definition) is 4. The Morgan fingerprint density at radius 2 is 1.94 bits per heavy atom. The molecule has 36 heavy (non-hydrogen) atoms. The van der Waals surface area contributed by atoms with Gasteiger partial charge in [-0.1, -0.05) is 29.8 Å². The van der Waals surface area contributed by atoms with Crippen molar-refractivity contribution in [2.24, 2.45) is 0 Å². The first kappa shape index (κ1) is 26.2. The zero-order valence-corrected chi connectivity index (χ0v) is 21.4. The summed E-state index contributed by atoms with van der Waals surface area (Å²) in [4.78, 5) is 42.7. The van der Waals surface area contributed by atoms with Gasteiger partial charge in [-0.3, -0.25) is 9.59 Å². The van der Waals surface area contributed by atoms with Gasteiger partial charge in [0.15, 0.2) is 17.9 Å². The van der Waals surface area contributed by atoms with Crippen LogP contribution in [0, 0.1) is 0 Å². The maximum Gasteiger partial charge on any atom is 0.355 e. The molecule has 0 aliphatic carbocycles. The van der Waals surface area contributed by atoms with Crippen molar-refractivity contribution in [3.8, 4) is 0 Å². The lowest BCUT2D eigenvalue weighted by Crippen LogP contribution is -2.50. The Hall–Kier alpha value is -2.83. The highest BCUT2D eigenvalue weighted by Gasteiger charge is 2.39. The zero-order valence-electron chi connectivity index (χ0n) is 19.0. The monoisotopic (exact) mass is 549 g/mol. The average molecular weight is 550 g/mol. The first-order valence-electron chi connectivity index (χ1n) is 11.2. The van der Waals surface area contributed by atoms with Crippen molar-refractivity contribution in [3.05, 3.63) is 72.8 Å². The van der Waals surface area contributed by atoms with Crippen LogP contribution in [0.2, 0.25) is 5.02 Å². The predicted molar refractivity (Wildman–Crippen MR) is 135 cm³/mol. The topological polar surface area (TPSA) is 140 Å². The summed E-state index contributed by atoms with van der Waals surface area (Å²) in [5.41, 5.74) is 1.90. The van der Waals surface area contributed by atoms with Crippen LogP contribution >= 0.6 is 34.3 Å². The third-order valence-electron chi connectivity index (χ3n) is 5.88.